The van der Waals surface area contributed by atoms with E-state index in [1.165, 1.54) is 29.5 Å². The number of aromatic amines is 1. The maximum atomic E-state index is 13.2. The number of amides is 2. The maximum absolute atomic E-state index is 13.2. The molecule has 5 aromatic rings. The molecule has 3 N–H and O–H groups in total. The third-order valence-electron chi connectivity index (χ3n) is 9.43. The zero-order valence-electron chi connectivity index (χ0n) is 25.8. The third kappa shape index (κ3) is 7.18. The first-order valence-corrected chi connectivity index (χ1v) is 16.1. The van der Waals surface area contributed by atoms with Gasteiger partial charge in [-0.15, -0.1) is 0 Å². The second-order valence-electron chi connectivity index (χ2n) is 12.1. The first-order valence-electron chi connectivity index (χ1n) is 16.1. The summed E-state index contributed by atoms with van der Waals surface area (Å²) in [5.74, 6) is 0.175. The predicted molar refractivity (Wildman–Crippen MR) is 181 cm³/mol. The fourth-order valence-corrected chi connectivity index (χ4v) is 6.93. The SMILES string of the molecule is O=C(CNC(=O)c1cccc2[nH]ccc12)NCC(CCCN1CCC(c2ccccc2)CC1)(c1ccccc1)c1ccccc1. The molecule has 230 valence electrons. The molecule has 2 heterocycles. The van der Waals surface area contributed by atoms with Gasteiger partial charge in [0, 0.05) is 34.6 Å². The molecular weight excluding hydrogens is 556 g/mol. The minimum atomic E-state index is -0.402. The molecule has 0 atom stereocenters. The van der Waals surface area contributed by atoms with Crippen molar-refractivity contribution in [3.8, 4) is 0 Å². The highest BCUT2D eigenvalue weighted by atomic mass is 16.2. The number of carbonyl (C=O) groups excluding carboxylic acids is 2. The van der Waals surface area contributed by atoms with Crippen molar-refractivity contribution in [3.63, 3.8) is 0 Å². The average Bonchev–Trinajstić information content (AvgIpc) is 3.60. The Kier molecular flexibility index (Phi) is 9.71. The molecule has 6 heteroatoms. The van der Waals surface area contributed by atoms with Crippen LogP contribution in [0.3, 0.4) is 0 Å². The van der Waals surface area contributed by atoms with Crippen molar-refractivity contribution in [1.82, 2.24) is 20.5 Å². The van der Waals surface area contributed by atoms with Crippen molar-refractivity contribution >= 4 is 22.7 Å². The normalized spacial score (nSPS) is 14.3. The number of H-pyrrole nitrogens is 1. The van der Waals surface area contributed by atoms with Crippen LogP contribution in [0.15, 0.2) is 121 Å². The number of likely N-dealkylation sites (tertiary alicyclic amines) is 1. The summed E-state index contributed by atoms with van der Waals surface area (Å²) in [6, 6.07) is 39.4. The van der Waals surface area contributed by atoms with Gasteiger partial charge in [-0.3, -0.25) is 9.59 Å². The van der Waals surface area contributed by atoms with Gasteiger partial charge in [0.05, 0.1) is 6.54 Å². The lowest BCUT2D eigenvalue weighted by atomic mass is 9.71. The number of carbonyl (C=O) groups is 2. The summed E-state index contributed by atoms with van der Waals surface area (Å²) in [5.41, 5.74) is 4.87. The quantitative estimate of drug-likeness (QED) is 0.150. The van der Waals surface area contributed by atoms with Crippen LogP contribution in [-0.4, -0.2) is 54.4 Å². The summed E-state index contributed by atoms with van der Waals surface area (Å²) in [6.45, 7) is 3.60. The summed E-state index contributed by atoms with van der Waals surface area (Å²) in [5, 5.41) is 6.86. The standard InChI is InChI=1S/C39H42N4O2/c44-37(28-41-38(45)35-18-10-19-36-34(35)20-24-40-36)42-29-39(32-14-6-2-7-15-32,33-16-8-3-9-17-33)23-11-25-43-26-21-31(22-27-43)30-12-4-1-5-13-30/h1-10,12-20,24,31,40H,11,21-23,25-29H2,(H,41,45)(H,42,44). The molecule has 45 heavy (non-hydrogen) atoms. The number of benzene rings is 4. The maximum Gasteiger partial charge on any atom is 0.252 e. The van der Waals surface area contributed by atoms with Crippen LogP contribution in [0.4, 0.5) is 0 Å². The van der Waals surface area contributed by atoms with Crippen LogP contribution in [0.5, 0.6) is 0 Å². The average molecular weight is 599 g/mol. The summed E-state index contributed by atoms with van der Waals surface area (Å²) in [4.78, 5) is 31.9. The van der Waals surface area contributed by atoms with Crippen molar-refractivity contribution in [3.05, 3.63) is 144 Å². The molecule has 6 rings (SSSR count). The molecule has 1 aliphatic heterocycles. The van der Waals surface area contributed by atoms with E-state index >= 15 is 0 Å². The minimum Gasteiger partial charge on any atom is -0.361 e. The highest BCUT2D eigenvalue weighted by Gasteiger charge is 2.34. The fraction of sp³-hybridized carbons (Fsp3) is 0.282. The molecule has 0 unspecified atom stereocenters. The number of hydrogen-bond acceptors (Lipinski definition) is 3. The summed E-state index contributed by atoms with van der Waals surface area (Å²) >= 11 is 0. The summed E-state index contributed by atoms with van der Waals surface area (Å²) in [7, 11) is 0. The van der Waals surface area contributed by atoms with E-state index in [1.807, 2.05) is 36.5 Å². The Labute approximate surface area is 265 Å². The molecule has 0 spiro atoms. The van der Waals surface area contributed by atoms with Crippen molar-refractivity contribution in [1.29, 1.82) is 0 Å². The van der Waals surface area contributed by atoms with Gasteiger partial charge in [-0.2, -0.15) is 0 Å². The van der Waals surface area contributed by atoms with Crippen LogP contribution in [0.2, 0.25) is 0 Å². The number of nitrogens with zero attached hydrogens (tertiary/aromatic N) is 1. The number of nitrogens with one attached hydrogen (secondary N) is 3. The molecule has 0 saturated carbocycles. The highest BCUT2D eigenvalue weighted by molar-refractivity contribution is 6.07. The van der Waals surface area contributed by atoms with E-state index in [2.05, 4.69) is 99.4 Å². The van der Waals surface area contributed by atoms with Gasteiger partial charge in [0.25, 0.3) is 5.91 Å². The monoisotopic (exact) mass is 598 g/mol. The van der Waals surface area contributed by atoms with Crippen molar-refractivity contribution in [2.75, 3.05) is 32.7 Å². The van der Waals surface area contributed by atoms with Gasteiger partial charge in [-0.05, 0) is 86.1 Å². The first kappa shape index (κ1) is 30.4. The van der Waals surface area contributed by atoms with Gasteiger partial charge in [0.1, 0.15) is 0 Å². The van der Waals surface area contributed by atoms with Crippen LogP contribution in [0.1, 0.15) is 58.6 Å². The van der Waals surface area contributed by atoms with Gasteiger partial charge in [-0.1, -0.05) is 97.1 Å². The molecular formula is C39H42N4O2. The van der Waals surface area contributed by atoms with Crippen LogP contribution < -0.4 is 10.6 Å². The fourth-order valence-electron chi connectivity index (χ4n) is 6.93. The number of rotatable bonds is 12. The first-order chi connectivity index (χ1) is 22.1. The summed E-state index contributed by atoms with van der Waals surface area (Å²) < 4.78 is 0. The molecule has 1 fully saturated rings. The smallest absolute Gasteiger partial charge is 0.252 e. The van der Waals surface area contributed by atoms with Crippen molar-refractivity contribution in [2.45, 2.75) is 37.0 Å². The Bertz CT molecular complexity index is 1640. The lowest BCUT2D eigenvalue weighted by Crippen LogP contribution is -2.45. The number of aromatic nitrogens is 1. The van der Waals surface area contributed by atoms with E-state index in [0.29, 0.717) is 18.0 Å². The van der Waals surface area contributed by atoms with Gasteiger partial charge in [0.2, 0.25) is 5.91 Å². The van der Waals surface area contributed by atoms with E-state index in [1.54, 1.807) is 6.07 Å². The third-order valence-corrected chi connectivity index (χ3v) is 9.43. The number of hydrogen-bond donors (Lipinski definition) is 3. The molecule has 6 nitrogen and oxygen atoms in total. The zero-order chi connectivity index (χ0) is 30.9. The molecule has 0 aliphatic carbocycles. The highest BCUT2D eigenvalue weighted by Crippen LogP contribution is 2.37. The molecule has 0 bridgehead atoms. The number of fused-ring (bicyclic) bond motifs is 1. The Morgan fingerprint density at radius 2 is 1.40 bits per heavy atom. The van der Waals surface area contributed by atoms with E-state index in [0.717, 1.165) is 43.4 Å². The van der Waals surface area contributed by atoms with E-state index in [9.17, 15) is 9.59 Å². The molecule has 1 aliphatic rings. The van der Waals surface area contributed by atoms with Crippen LogP contribution >= 0.6 is 0 Å². The minimum absolute atomic E-state index is 0.0876. The predicted octanol–water partition coefficient (Wildman–Crippen LogP) is 6.66. The second kappa shape index (κ2) is 14.4. The lowest BCUT2D eigenvalue weighted by Gasteiger charge is -2.37. The van der Waals surface area contributed by atoms with Crippen molar-refractivity contribution < 1.29 is 9.59 Å². The Hall–Kier alpha value is -4.68. The van der Waals surface area contributed by atoms with Crippen LogP contribution in [0.25, 0.3) is 10.9 Å². The van der Waals surface area contributed by atoms with Gasteiger partial charge < -0.3 is 20.5 Å². The second-order valence-corrected chi connectivity index (χ2v) is 12.1. The Balaban J connectivity index is 1.12. The Morgan fingerprint density at radius 3 is 2.07 bits per heavy atom. The Morgan fingerprint density at radius 1 is 0.756 bits per heavy atom. The number of piperidine rings is 1. The van der Waals surface area contributed by atoms with Gasteiger partial charge in [0.15, 0.2) is 0 Å². The molecule has 0 radical (unpaired) electrons. The molecule has 4 aromatic carbocycles. The molecule has 1 aromatic heterocycles. The van der Waals surface area contributed by atoms with Crippen LogP contribution in [-0.2, 0) is 10.2 Å². The largest absolute Gasteiger partial charge is 0.361 e. The van der Waals surface area contributed by atoms with Crippen LogP contribution in [0, 0.1) is 0 Å². The van der Waals surface area contributed by atoms with Crippen molar-refractivity contribution in [2.24, 2.45) is 0 Å². The lowest BCUT2D eigenvalue weighted by molar-refractivity contribution is -0.120. The zero-order valence-corrected chi connectivity index (χ0v) is 25.8. The molecule has 1 saturated heterocycles. The van der Waals surface area contributed by atoms with E-state index < -0.39 is 5.41 Å². The van der Waals surface area contributed by atoms with Gasteiger partial charge in [-0.25, -0.2) is 0 Å². The van der Waals surface area contributed by atoms with E-state index in [-0.39, 0.29) is 18.4 Å². The summed E-state index contributed by atoms with van der Waals surface area (Å²) in [6.07, 6.45) is 6.09. The molecule has 2 amide bonds. The van der Waals surface area contributed by atoms with E-state index in [4.69, 9.17) is 0 Å². The topological polar surface area (TPSA) is 77.2 Å². The van der Waals surface area contributed by atoms with Gasteiger partial charge >= 0.3 is 0 Å².